The topological polar surface area (TPSA) is 28.2 Å². The molecule has 0 aromatic carbocycles. The number of nitrogens with one attached hydrogen (secondary N) is 1. The summed E-state index contributed by atoms with van der Waals surface area (Å²) in [5.41, 5.74) is 1.33. The fraction of sp³-hybridized carbons (Fsp3) is 0.812. The van der Waals surface area contributed by atoms with Crippen LogP contribution in [0.15, 0.2) is 0 Å². The molecule has 1 aliphatic rings. The van der Waals surface area contributed by atoms with Crippen LogP contribution in [0, 0.1) is 0 Å². The minimum Gasteiger partial charge on any atom is -0.346 e. The number of nitrogens with zero attached hydrogens (tertiary/aromatic N) is 2. The van der Waals surface area contributed by atoms with Crippen LogP contribution in [0.25, 0.3) is 0 Å². The van der Waals surface area contributed by atoms with Crippen LogP contribution in [0.4, 0.5) is 5.13 Å². The molecule has 1 fully saturated rings. The Balaban J connectivity index is 2.14. The predicted molar refractivity (Wildman–Crippen MR) is 97.0 cm³/mol. The van der Waals surface area contributed by atoms with Crippen molar-refractivity contribution in [2.24, 2.45) is 0 Å². The first kappa shape index (κ1) is 17.1. The lowest BCUT2D eigenvalue weighted by molar-refractivity contribution is 0.654. The minimum absolute atomic E-state index is 0.560. The van der Waals surface area contributed by atoms with Gasteiger partial charge in [0, 0.05) is 35.5 Å². The van der Waals surface area contributed by atoms with Crippen molar-refractivity contribution in [1.82, 2.24) is 10.3 Å². The van der Waals surface area contributed by atoms with E-state index in [2.05, 4.69) is 49.7 Å². The van der Waals surface area contributed by atoms with E-state index in [1.807, 2.05) is 11.3 Å². The lowest BCUT2D eigenvalue weighted by Crippen LogP contribution is -2.36. The molecule has 2 atom stereocenters. The highest BCUT2D eigenvalue weighted by molar-refractivity contribution is 8.00. The Bertz CT molecular complexity index is 433. The van der Waals surface area contributed by atoms with Crippen molar-refractivity contribution in [3.05, 3.63) is 10.6 Å². The van der Waals surface area contributed by atoms with Crippen LogP contribution in [0.5, 0.6) is 0 Å². The molecule has 0 radical (unpaired) electrons. The first-order chi connectivity index (χ1) is 10.2. The quantitative estimate of drug-likeness (QED) is 0.763. The second kappa shape index (κ2) is 8.39. The van der Waals surface area contributed by atoms with E-state index in [1.54, 1.807) is 0 Å². The number of hydrogen-bond acceptors (Lipinski definition) is 5. The standard InChI is InChI=1S/C16H29N3S2/c1-5-7-17-10-14-15(12(3)6-2)18-16(21-14)19-8-9-20-13(4)11-19/h12-13,17H,5-11H2,1-4H3. The second-order valence-electron chi connectivity index (χ2n) is 5.92. The van der Waals surface area contributed by atoms with Gasteiger partial charge in [0.25, 0.3) is 0 Å². The number of hydrogen-bond donors (Lipinski definition) is 1. The number of thiazole rings is 1. The third-order valence-corrected chi connectivity index (χ3v) is 6.29. The largest absolute Gasteiger partial charge is 0.346 e. The summed E-state index contributed by atoms with van der Waals surface area (Å²) in [6.07, 6.45) is 2.35. The molecule has 1 aromatic heterocycles. The van der Waals surface area contributed by atoms with Crippen molar-refractivity contribution in [3.8, 4) is 0 Å². The minimum atomic E-state index is 0.560. The third-order valence-electron chi connectivity index (χ3n) is 4.02. The lowest BCUT2D eigenvalue weighted by Gasteiger charge is -2.30. The maximum Gasteiger partial charge on any atom is 0.185 e. The lowest BCUT2D eigenvalue weighted by atomic mass is 10.0. The van der Waals surface area contributed by atoms with Gasteiger partial charge in [-0.15, -0.1) is 11.3 Å². The SMILES string of the molecule is CCCNCc1sc(N2CCSC(C)C2)nc1C(C)CC. The molecule has 3 nitrogen and oxygen atoms in total. The smallest absolute Gasteiger partial charge is 0.185 e. The van der Waals surface area contributed by atoms with Crippen molar-refractivity contribution < 1.29 is 0 Å². The molecule has 2 unspecified atom stereocenters. The van der Waals surface area contributed by atoms with E-state index in [-0.39, 0.29) is 0 Å². The Morgan fingerprint density at radius 1 is 1.43 bits per heavy atom. The highest BCUT2D eigenvalue weighted by Gasteiger charge is 2.23. The number of aromatic nitrogens is 1. The van der Waals surface area contributed by atoms with Crippen LogP contribution >= 0.6 is 23.1 Å². The molecule has 1 N–H and O–H groups in total. The Kier molecular flexibility index (Phi) is 6.83. The molecule has 2 heterocycles. The average molecular weight is 328 g/mol. The van der Waals surface area contributed by atoms with E-state index in [9.17, 15) is 0 Å². The Hall–Kier alpha value is -0.260. The van der Waals surface area contributed by atoms with Crippen LogP contribution in [0.1, 0.15) is 57.0 Å². The summed E-state index contributed by atoms with van der Waals surface area (Å²) in [6.45, 7) is 13.4. The molecule has 1 aliphatic heterocycles. The van der Waals surface area contributed by atoms with Crippen molar-refractivity contribution in [2.45, 2.75) is 58.2 Å². The molecule has 120 valence electrons. The second-order valence-corrected chi connectivity index (χ2v) is 8.53. The van der Waals surface area contributed by atoms with Gasteiger partial charge in [0.15, 0.2) is 5.13 Å². The molecular weight excluding hydrogens is 298 g/mol. The van der Waals surface area contributed by atoms with Gasteiger partial charge < -0.3 is 10.2 Å². The Morgan fingerprint density at radius 2 is 2.24 bits per heavy atom. The molecule has 21 heavy (non-hydrogen) atoms. The molecule has 0 bridgehead atoms. The molecule has 1 saturated heterocycles. The van der Waals surface area contributed by atoms with Crippen LogP contribution in [0.3, 0.4) is 0 Å². The van der Waals surface area contributed by atoms with E-state index in [0.717, 1.165) is 37.8 Å². The number of anilines is 1. The molecule has 2 rings (SSSR count). The van der Waals surface area contributed by atoms with E-state index in [0.29, 0.717) is 5.92 Å². The third kappa shape index (κ3) is 4.60. The van der Waals surface area contributed by atoms with Gasteiger partial charge in [0.05, 0.1) is 5.69 Å². The Morgan fingerprint density at radius 3 is 2.90 bits per heavy atom. The van der Waals surface area contributed by atoms with Gasteiger partial charge in [0.1, 0.15) is 0 Å². The number of thioether (sulfide) groups is 1. The van der Waals surface area contributed by atoms with Crippen LogP contribution in [-0.4, -0.2) is 35.6 Å². The summed E-state index contributed by atoms with van der Waals surface area (Å²) in [5.74, 6) is 1.79. The van der Waals surface area contributed by atoms with Crippen molar-refractivity contribution in [3.63, 3.8) is 0 Å². The van der Waals surface area contributed by atoms with Crippen LogP contribution < -0.4 is 10.2 Å². The van der Waals surface area contributed by atoms with Crippen molar-refractivity contribution in [1.29, 1.82) is 0 Å². The van der Waals surface area contributed by atoms with Gasteiger partial charge in [-0.05, 0) is 25.3 Å². The van der Waals surface area contributed by atoms with E-state index in [4.69, 9.17) is 4.98 Å². The zero-order valence-electron chi connectivity index (χ0n) is 13.8. The van der Waals surface area contributed by atoms with Gasteiger partial charge in [-0.25, -0.2) is 4.98 Å². The highest BCUT2D eigenvalue weighted by atomic mass is 32.2. The van der Waals surface area contributed by atoms with Crippen molar-refractivity contribution >= 4 is 28.2 Å². The van der Waals surface area contributed by atoms with Gasteiger partial charge in [0.2, 0.25) is 0 Å². The summed E-state index contributed by atoms with van der Waals surface area (Å²) < 4.78 is 0. The maximum atomic E-state index is 5.01. The summed E-state index contributed by atoms with van der Waals surface area (Å²) in [5, 5.41) is 5.50. The molecular formula is C16H29N3S2. The van der Waals surface area contributed by atoms with E-state index in [1.165, 1.54) is 27.9 Å². The van der Waals surface area contributed by atoms with Crippen molar-refractivity contribution in [2.75, 3.05) is 30.3 Å². The summed E-state index contributed by atoms with van der Waals surface area (Å²) >= 11 is 3.98. The fourth-order valence-corrected chi connectivity index (χ4v) is 4.76. The van der Waals surface area contributed by atoms with Gasteiger partial charge in [-0.1, -0.05) is 27.7 Å². The monoisotopic (exact) mass is 327 g/mol. The van der Waals surface area contributed by atoms with Gasteiger partial charge in [-0.3, -0.25) is 0 Å². The number of rotatable bonds is 7. The van der Waals surface area contributed by atoms with E-state index < -0.39 is 0 Å². The zero-order chi connectivity index (χ0) is 15.2. The summed E-state index contributed by atoms with van der Waals surface area (Å²) in [7, 11) is 0. The molecule has 0 spiro atoms. The van der Waals surface area contributed by atoms with Crippen LogP contribution in [0.2, 0.25) is 0 Å². The van der Waals surface area contributed by atoms with Crippen LogP contribution in [-0.2, 0) is 6.54 Å². The molecule has 0 amide bonds. The molecule has 5 heteroatoms. The molecule has 0 aliphatic carbocycles. The zero-order valence-corrected chi connectivity index (χ0v) is 15.4. The Labute approximate surface area is 137 Å². The molecule has 1 aromatic rings. The summed E-state index contributed by atoms with van der Waals surface area (Å²) in [6, 6.07) is 0. The van der Waals surface area contributed by atoms with Gasteiger partial charge in [-0.2, -0.15) is 11.8 Å². The fourth-order valence-electron chi connectivity index (χ4n) is 2.56. The first-order valence-electron chi connectivity index (χ1n) is 8.22. The summed E-state index contributed by atoms with van der Waals surface area (Å²) in [4.78, 5) is 8.94. The molecule has 0 saturated carbocycles. The van der Waals surface area contributed by atoms with E-state index >= 15 is 0 Å². The highest BCUT2D eigenvalue weighted by Crippen LogP contribution is 2.34. The van der Waals surface area contributed by atoms with Gasteiger partial charge >= 0.3 is 0 Å². The first-order valence-corrected chi connectivity index (χ1v) is 10.1. The normalized spacial score (nSPS) is 20.8. The maximum absolute atomic E-state index is 5.01. The predicted octanol–water partition coefficient (Wildman–Crippen LogP) is 4.10. The average Bonchev–Trinajstić information content (AvgIpc) is 2.91.